The molecule has 1 amide bonds. The van der Waals surface area contributed by atoms with Crippen LogP contribution in [-0.4, -0.2) is 10.5 Å². The van der Waals surface area contributed by atoms with Crippen LogP contribution >= 0.6 is 11.3 Å². The van der Waals surface area contributed by atoms with Crippen LogP contribution in [0.25, 0.3) is 0 Å². The van der Waals surface area contributed by atoms with Gasteiger partial charge in [0, 0.05) is 35.6 Å². The molecular weight excluding hydrogens is 274 g/mol. The average Bonchev–Trinajstić information content (AvgIpc) is 2.89. The van der Waals surface area contributed by atoms with Gasteiger partial charge in [0.25, 0.3) is 5.56 Å². The van der Waals surface area contributed by atoms with Crippen molar-refractivity contribution in [2.45, 2.75) is 26.4 Å². The summed E-state index contributed by atoms with van der Waals surface area (Å²) in [5, 5.41) is 4.99. The number of carbonyl (C=O) groups excluding carboxylic acids is 1. The zero-order chi connectivity index (χ0) is 14.5. The highest BCUT2D eigenvalue weighted by Gasteiger charge is 2.05. The number of rotatable bonds is 6. The number of hydrogen-bond acceptors (Lipinski definition) is 4. The summed E-state index contributed by atoms with van der Waals surface area (Å²) in [6.45, 7) is 3.34. The molecule has 3 N–H and O–H groups in total. The molecule has 0 fully saturated rings. The first kappa shape index (κ1) is 14.3. The van der Waals surface area contributed by atoms with Gasteiger partial charge in [-0.05, 0) is 18.6 Å². The van der Waals surface area contributed by atoms with Crippen LogP contribution in [0.15, 0.2) is 34.6 Å². The number of nitrogens with zero attached hydrogens (tertiary/aromatic N) is 1. The molecule has 2 aromatic rings. The summed E-state index contributed by atoms with van der Waals surface area (Å²) >= 11 is 1.48. The molecule has 0 bridgehead atoms. The maximum absolute atomic E-state index is 11.6. The summed E-state index contributed by atoms with van der Waals surface area (Å²) in [7, 11) is 0. The van der Waals surface area contributed by atoms with E-state index in [0.29, 0.717) is 18.7 Å². The lowest BCUT2D eigenvalue weighted by molar-refractivity contribution is 0.100. The van der Waals surface area contributed by atoms with E-state index in [1.165, 1.54) is 11.3 Å². The predicted molar refractivity (Wildman–Crippen MR) is 81.2 cm³/mol. The van der Waals surface area contributed by atoms with Crippen molar-refractivity contribution >= 4 is 22.9 Å². The number of pyridine rings is 1. The molecule has 2 aromatic heterocycles. The minimum absolute atomic E-state index is 0.00420. The number of primary amides is 1. The van der Waals surface area contributed by atoms with Crippen molar-refractivity contribution in [1.82, 2.24) is 4.57 Å². The molecule has 0 saturated carbocycles. The summed E-state index contributed by atoms with van der Waals surface area (Å²) in [4.78, 5) is 23.6. The quantitative estimate of drug-likeness (QED) is 0.855. The third-order valence-corrected chi connectivity index (χ3v) is 3.79. The van der Waals surface area contributed by atoms with Crippen molar-refractivity contribution in [1.29, 1.82) is 0 Å². The van der Waals surface area contributed by atoms with Crippen LogP contribution in [0.4, 0.5) is 5.69 Å². The topological polar surface area (TPSA) is 77.1 Å². The van der Waals surface area contributed by atoms with Crippen LogP contribution in [0.1, 0.15) is 28.6 Å². The Morgan fingerprint density at radius 2 is 2.25 bits per heavy atom. The number of nitrogens with one attached hydrogen (secondary N) is 1. The predicted octanol–water partition coefficient (Wildman–Crippen LogP) is 2.03. The minimum Gasteiger partial charge on any atom is -0.379 e. The highest BCUT2D eigenvalue weighted by atomic mass is 32.1. The fourth-order valence-electron chi connectivity index (χ4n) is 1.84. The van der Waals surface area contributed by atoms with Gasteiger partial charge in [0.15, 0.2) is 0 Å². The van der Waals surface area contributed by atoms with Gasteiger partial charge in [-0.25, -0.2) is 0 Å². The van der Waals surface area contributed by atoms with Crippen molar-refractivity contribution in [3.05, 3.63) is 50.6 Å². The molecule has 0 aliphatic heterocycles. The Labute approximate surface area is 121 Å². The summed E-state index contributed by atoms with van der Waals surface area (Å²) in [6.07, 6.45) is 2.73. The molecule has 0 aliphatic carbocycles. The van der Waals surface area contributed by atoms with E-state index >= 15 is 0 Å². The summed E-state index contributed by atoms with van der Waals surface area (Å²) < 4.78 is 1.69. The first-order chi connectivity index (χ1) is 9.60. The molecule has 2 rings (SSSR count). The van der Waals surface area contributed by atoms with Crippen molar-refractivity contribution < 1.29 is 4.79 Å². The Hall–Kier alpha value is -2.08. The Balaban J connectivity index is 2.04. The van der Waals surface area contributed by atoms with Gasteiger partial charge in [0.2, 0.25) is 5.91 Å². The molecule has 0 radical (unpaired) electrons. The highest BCUT2D eigenvalue weighted by Crippen LogP contribution is 2.16. The van der Waals surface area contributed by atoms with E-state index in [-0.39, 0.29) is 5.56 Å². The van der Waals surface area contributed by atoms with Crippen molar-refractivity contribution in [2.24, 2.45) is 5.73 Å². The van der Waals surface area contributed by atoms with E-state index in [0.717, 1.165) is 17.0 Å². The Kier molecular flexibility index (Phi) is 4.57. The van der Waals surface area contributed by atoms with E-state index < -0.39 is 5.91 Å². The standard InChI is InChI=1S/C14H17N3O2S/c1-2-5-17-8-11(3-4-13(17)18)16-7-12-6-10(9-20-12)14(15)19/h3-4,6,8-9,16H,2,5,7H2,1H3,(H2,15,19). The third kappa shape index (κ3) is 3.48. The number of anilines is 1. The lowest BCUT2D eigenvalue weighted by Crippen LogP contribution is -2.18. The van der Waals surface area contributed by atoms with Gasteiger partial charge in [-0.3, -0.25) is 9.59 Å². The normalized spacial score (nSPS) is 10.4. The lowest BCUT2D eigenvalue weighted by Gasteiger charge is -2.08. The Bertz CT molecular complexity index is 660. The van der Waals surface area contributed by atoms with Crippen LogP contribution in [0, 0.1) is 0 Å². The van der Waals surface area contributed by atoms with Crippen LogP contribution in [0.2, 0.25) is 0 Å². The average molecular weight is 291 g/mol. The van der Waals surface area contributed by atoms with Crippen molar-refractivity contribution in [3.8, 4) is 0 Å². The first-order valence-corrected chi connectivity index (χ1v) is 7.29. The fraction of sp³-hybridized carbons (Fsp3) is 0.286. The van der Waals surface area contributed by atoms with E-state index in [4.69, 9.17) is 5.73 Å². The van der Waals surface area contributed by atoms with Gasteiger partial charge in [-0.15, -0.1) is 11.3 Å². The van der Waals surface area contributed by atoms with E-state index in [2.05, 4.69) is 5.32 Å². The molecule has 0 spiro atoms. The van der Waals surface area contributed by atoms with Crippen molar-refractivity contribution in [2.75, 3.05) is 5.32 Å². The van der Waals surface area contributed by atoms with Gasteiger partial charge in [0.05, 0.1) is 11.3 Å². The van der Waals surface area contributed by atoms with Gasteiger partial charge in [-0.2, -0.15) is 0 Å². The fourth-order valence-corrected chi connectivity index (χ4v) is 2.66. The lowest BCUT2D eigenvalue weighted by atomic mass is 10.3. The number of aromatic nitrogens is 1. The molecule has 0 aromatic carbocycles. The maximum atomic E-state index is 11.6. The molecule has 0 unspecified atom stereocenters. The molecule has 6 heteroatoms. The molecule has 2 heterocycles. The smallest absolute Gasteiger partial charge is 0.250 e. The molecule has 0 aliphatic rings. The molecule has 106 valence electrons. The van der Waals surface area contributed by atoms with E-state index in [1.807, 2.05) is 13.1 Å². The Morgan fingerprint density at radius 1 is 1.45 bits per heavy atom. The highest BCUT2D eigenvalue weighted by molar-refractivity contribution is 7.10. The second kappa shape index (κ2) is 6.38. The SMILES string of the molecule is CCCn1cc(NCc2cc(C(N)=O)cs2)ccc1=O. The maximum Gasteiger partial charge on any atom is 0.250 e. The molecule has 0 atom stereocenters. The summed E-state index contributed by atoms with van der Waals surface area (Å²) in [5.74, 6) is -0.413. The number of hydrogen-bond donors (Lipinski definition) is 2. The molecule has 0 saturated heterocycles. The third-order valence-electron chi connectivity index (χ3n) is 2.85. The summed E-state index contributed by atoms with van der Waals surface area (Å²) in [6, 6.07) is 5.10. The van der Waals surface area contributed by atoms with Crippen LogP contribution in [0.3, 0.4) is 0 Å². The first-order valence-electron chi connectivity index (χ1n) is 6.41. The molecule has 20 heavy (non-hydrogen) atoms. The van der Waals surface area contributed by atoms with E-state index in [9.17, 15) is 9.59 Å². The second-order valence-corrected chi connectivity index (χ2v) is 5.46. The van der Waals surface area contributed by atoms with Gasteiger partial charge >= 0.3 is 0 Å². The monoisotopic (exact) mass is 291 g/mol. The van der Waals surface area contributed by atoms with Gasteiger partial charge in [0.1, 0.15) is 0 Å². The van der Waals surface area contributed by atoms with Gasteiger partial charge < -0.3 is 15.6 Å². The number of thiophene rings is 1. The van der Waals surface area contributed by atoms with Crippen LogP contribution in [-0.2, 0) is 13.1 Å². The van der Waals surface area contributed by atoms with Crippen molar-refractivity contribution in [3.63, 3.8) is 0 Å². The minimum atomic E-state index is -0.413. The van der Waals surface area contributed by atoms with E-state index in [1.54, 1.807) is 28.1 Å². The Morgan fingerprint density at radius 3 is 2.90 bits per heavy atom. The number of amides is 1. The number of aryl methyl sites for hydroxylation is 1. The molecule has 5 nitrogen and oxygen atoms in total. The largest absolute Gasteiger partial charge is 0.379 e. The second-order valence-electron chi connectivity index (χ2n) is 4.47. The zero-order valence-electron chi connectivity index (χ0n) is 11.3. The number of nitrogens with two attached hydrogens (primary N) is 1. The van der Waals surface area contributed by atoms with Crippen LogP contribution in [0.5, 0.6) is 0 Å². The molecular formula is C14H17N3O2S. The zero-order valence-corrected chi connectivity index (χ0v) is 12.1. The van der Waals surface area contributed by atoms with Crippen LogP contribution < -0.4 is 16.6 Å². The number of carbonyl (C=O) groups is 1. The van der Waals surface area contributed by atoms with Gasteiger partial charge in [-0.1, -0.05) is 6.92 Å². The summed E-state index contributed by atoms with van der Waals surface area (Å²) in [5.41, 5.74) is 6.63.